The third-order valence-corrected chi connectivity index (χ3v) is 4.33. The molecule has 4 heteroatoms. The largest absolute Gasteiger partial charge is 0.352 e. The second-order valence-corrected chi connectivity index (χ2v) is 5.48. The molecule has 1 aliphatic rings. The van der Waals surface area contributed by atoms with E-state index in [1.165, 1.54) is 19.3 Å². The Morgan fingerprint density at radius 1 is 1.47 bits per heavy atom. The molecule has 0 aliphatic heterocycles. The van der Waals surface area contributed by atoms with E-state index in [2.05, 4.69) is 11.6 Å². The molecule has 0 aromatic carbocycles. The molecule has 2 atom stereocenters. The fraction of sp³-hybridized carbons (Fsp3) is 0.909. The first-order valence-electron chi connectivity index (χ1n) is 5.66. The van der Waals surface area contributed by atoms with Crippen LogP contribution >= 0.6 is 23.4 Å². The maximum Gasteiger partial charge on any atom is 0.220 e. The van der Waals surface area contributed by atoms with Gasteiger partial charge in [0.2, 0.25) is 5.91 Å². The van der Waals surface area contributed by atoms with Gasteiger partial charge < -0.3 is 5.32 Å². The Kier molecular flexibility index (Phi) is 6.50. The minimum atomic E-state index is 0.168. The summed E-state index contributed by atoms with van der Waals surface area (Å²) in [6, 6.07) is 0.386. The van der Waals surface area contributed by atoms with Gasteiger partial charge in [-0.2, -0.15) is 11.8 Å². The van der Waals surface area contributed by atoms with Crippen LogP contribution in [-0.2, 0) is 4.79 Å². The molecule has 1 rings (SSSR count). The molecule has 2 nitrogen and oxygen atoms in total. The molecule has 0 aromatic heterocycles. The molecule has 0 spiro atoms. The number of thioether (sulfide) groups is 1. The third-order valence-electron chi connectivity index (χ3n) is 2.89. The van der Waals surface area contributed by atoms with Gasteiger partial charge >= 0.3 is 0 Å². The van der Waals surface area contributed by atoms with Gasteiger partial charge in [0.1, 0.15) is 0 Å². The van der Waals surface area contributed by atoms with Crippen molar-refractivity contribution in [1.82, 2.24) is 5.32 Å². The summed E-state index contributed by atoms with van der Waals surface area (Å²) < 4.78 is 0. The number of hydrogen-bond donors (Lipinski definition) is 1. The summed E-state index contributed by atoms with van der Waals surface area (Å²) in [5.74, 6) is 0.742. The Morgan fingerprint density at radius 2 is 2.20 bits per heavy atom. The lowest BCUT2D eigenvalue weighted by atomic mass is 9.94. The summed E-state index contributed by atoms with van der Waals surface area (Å²) in [4.78, 5) is 11.6. The maximum atomic E-state index is 11.6. The number of carbonyl (C=O) groups is 1. The molecule has 0 bridgehead atoms. The first-order valence-corrected chi connectivity index (χ1v) is 7.48. The molecule has 0 saturated heterocycles. The molecule has 15 heavy (non-hydrogen) atoms. The predicted octanol–water partition coefficient (Wildman–Crippen LogP) is 2.80. The summed E-state index contributed by atoms with van der Waals surface area (Å²) in [6.45, 7) is 0. The number of carbonyl (C=O) groups excluding carboxylic acids is 1. The van der Waals surface area contributed by atoms with Gasteiger partial charge in [0.05, 0.1) is 0 Å². The molecular weight excluding hydrogens is 230 g/mol. The van der Waals surface area contributed by atoms with Gasteiger partial charge in [0, 0.05) is 23.6 Å². The molecule has 1 N–H and O–H groups in total. The van der Waals surface area contributed by atoms with Gasteiger partial charge in [-0.05, 0) is 25.5 Å². The predicted molar refractivity (Wildman–Crippen MR) is 67.7 cm³/mol. The second-order valence-electron chi connectivity index (χ2n) is 4.03. The molecule has 1 aliphatic carbocycles. The number of halogens is 1. The summed E-state index contributed by atoms with van der Waals surface area (Å²) in [7, 11) is 0. The van der Waals surface area contributed by atoms with Gasteiger partial charge in [-0.15, -0.1) is 11.6 Å². The zero-order chi connectivity index (χ0) is 11.1. The molecule has 0 aromatic rings. The van der Waals surface area contributed by atoms with Crippen molar-refractivity contribution in [3.8, 4) is 0 Å². The van der Waals surface area contributed by atoms with Gasteiger partial charge in [0.15, 0.2) is 0 Å². The first-order chi connectivity index (χ1) is 7.27. The van der Waals surface area contributed by atoms with Gasteiger partial charge in [-0.3, -0.25) is 4.79 Å². The van der Waals surface area contributed by atoms with Crippen molar-refractivity contribution in [1.29, 1.82) is 0 Å². The molecule has 1 fully saturated rings. The Morgan fingerprint density at radius 3 is 2.87 bits per heavy atom. The second kappa shape index (κ2) is 7.39. The third kappa shape index (κ3) is 4.64. The zero-order valence-electron chi connectivity index (χ0n) is 9.30. The molecule has 0 radical (unpaired) electrons. The van der Waals surface area contributed by atoms with Gasteiger partial charge in [0.25, 0.3) is 0 Å². The highest BCUT2D eigenvalue weighted by molar-refractivity contribution is 7.99. The van der Waals surface area contributed by atoms with Crippen molar-refractivity contribution in [2.45, 2.75) is 49.8 Å². The lowest BCUT2D eigenvalue weighted by molar-refractivity contribution is -0.121. The number of rotatable bonds is 5. The highest BCUT2D eigenvalue weighted by Gasteiger charge is 2.25. The van der Waals surface area contributed by atoms with Crippen LogP contribution in [0.4, 0.5) is 0 Å². The van der Waals surface area contributed by atoms with E-state index in [9.17, 15) is 4.79 Å². The average molecular weight is 250 g/mol. The zero-order valence-corrected chi connectivity index (χ0v) is 10.9. The van der Waals surface area contributed by atoms with Crippen LogP contribution in [0.2, 0.25) is 0 Å². The van der Waals surface area contributed by atoms with Crippen LogP contribution in [0.1, 0.15) is 38.5 Å². The number of alkyl halides is 1. The monoisotopic (exact) mass is 249 g/mol. The number of nitrogens with one attached hydrogen (secondary N) is 1. The van der Waals surface area contributed by atoms with Crippen molar-refractivity contribution in [2.24, 2.45) is 0 Å². The quantitative estimate of drug-likeness (QED) is 0.760. The van der Waals surface area contributed by atoms with Gasteiger partial charge in [-0.1, -0.05) is 12.8 Å². The minimum Gasteiger partial charge on any atom is -0.352 e. The van der Waals surface area contributed by atoms with Crippen molar-refractivity contribution in [2.75, 3.05) is 12.1 Å². The van der Waals surface area contributed by atoms with Crippen LogP contribution in [0.25, 0.3) is 0 Å². The minimum absolute atomic E-state index is 0.168. The van der Waals surface area contributed by atoms with E-state index in [-0.39, 0.29) is 5.91 Å². The summed E-state index contributed by atoms with van der Waals surface area (Å²) in [5.41, 5.74) is 0. The number of hydrogen-bond acceptors (Lipinski definition) is 2. The molecular formula is C11H20ClNOS. The molecule has 1 amide bonds. The van der Waals surface area contributed by atoms with E-state index in [0.717, 1.165) is 12.8 Å². The first kappa shape index (κ1) is 13.2. The molecule has 2 unspecified atom stereocenters. The topological polar surface area (TPSA) is 29.1 Å². The number of amides is 1. The van der Waals surface area contributed by atoms with E-state index < -0.39 is 0 Å². The highest BCUT2D eigenvalue weighted by atomic mass is 35.5. The van der Waals surface area contributed by atoms with E-state index in [1.54, 1.807) is 0 Å². The van der Waals surface area contributed by atoms with E-state index in [0.29, 0.717) is 23.6 Å². The summed E-state index contributed by atoms with van der Waals surface area (Å²) in [5, 5.41) is 3.75. The maximum absolute atomic E-state index is 11.6. The Hall–Kier alpha value is 0.110. The average Bonchev–Trinajstić information content (AvgIpc) is 2.27. The molecule has 0 heterocycles. The lowest BCUT2D eigenvalue weighted by Crippen LogP contribution is -2.43. The van der Waals surface area contributed by atoms with Gasteiger partial charge in [-0.25, -0.2) is 0 Å². The van der Waals surface area contributed by atoms with Crippen LogP contribution in [-0.4, -0.2) is 29.3 Å². The fourth-order valence-electron chi connectivity index (χ4n) is 2.05. The van der Waals surface area contributed by atoms with Crippen LogP contribution in [0.5, 0.6) is 0 Å². The molecule has 1 saturated carbocycles. The van der Waals surface area contributed by atoms with Crippen molar-refractivity contribution >= 4 is 29.3 Å². The Labute approximate surface area is 102 Å². The Balaban J connectivity index is 2.30. The van der Waals surface area contributed by atoms with Crippen molar-refractivity contribution < 1.29 is 4.79 Å². The fourth-order valence-corrected chi connectivity index (χ4v) is 3.12. The van der Waals surface area contributed by atoms with Crippen molar-refractivity contribution in [3.05, 3.63) is 0 Å². The van der Waals surface area contributed by atoms with E-state index in [4.69, 9.17) is 11.6 Å². The summed E-state index contributed by atoms with van der Waals surface area (Å²) >= 11 is 7.44. The normalized spacial score (nSPS) is 26.3. The van der Waals surface area contributed by atoms with E-state index in [1.807, 2.05) is 11.8 Å². The smallest absolute Gasteiger partial charge is 0.220 e. The highest BCUT2D eigenvalue weighted by Crippen LogP contribution is 2.27. The van der Waals surface area contributed by atoms with Crippen LogP contribution in [0.3, 0.4) is 0 Å². The van der Waals surface area contributed by atoms with E-state index >= 15 is 0 Å². The summed E-state index contributed by atoms with van der Waals surface area (Å²) in [6.07, 6.45) is 8.41. The van der Waals surface area contributed by atoms with Crippen LogP contribution in [0, 0.1) is 0 Å². The Bertz CT molecular complexity index is 201. The van der Waals surface area contributed by atoms with Crippen LogP contribution < -0.4 is 5.32 Å². The van der Waals surface area contributed by atoms with Crippen LogP contribution in [0.15, 0.2) is 0 Å². The lowest BCUT2D eigenvalue weighted by Gasteiger charge is -2.30. The van der Waals surface area contributed by atoms with Crippen molar-refractivity contribution in [3.63, 3.8) is 0 Å². The standard InChI is InChI=1S/C11H20ClNOS/c1-15-10-6-3-2-5-9(10)13-11(14)7-4-8-12/h9-10H,2-8H2,1H3,(H,13,14). The SMILES string of the molecule is CSC1CCCCC1NC(=O)CCCCl. The molecule has 88 valence electrons.